The molecule has 0 unspecified atom stereocenters. The van der Waals surface area contributed by atoms with Crippen LogP contribution >= 0.6 is 0 Å². The molecule has 6 heteroatoms. The zero-order chi connectivity index (χ0) is 16.4. The van der Waals surface area contributed by atoms with Crippen molar-refractivity contribution in [2.45, 2.75) is 19.4 Å². The van der Waals surface area contributed by atoms with Crippen molar-refractivity contribution in [1.29, 1.82) is 0 Å². The number of hydrogen-bond acceptors (Lipinski definition) is 5. The Labute approximate surface area is 135 Å². The third-order valence-electron chi connectivity index (χ3n) is 3.99. The molecule has 0 aromatic carbocycles. The van der Waals surface area contributed by atoms with Gasteiger partial charge in [0.25, 0.3) is 5.91 Å². The van der Waals surface area contributed by atoms with Crippen molar-refractivity contribution in [3.8, 4) is 5.75 Å². The Bertz CT molecular complexity index is 696. The molecule has 0 saturated carbocycles. The number of furan rings is 1. The standard InChI is InChI=1S/C17H21N3O3/c1-12-14(7-10-22-12)17(21)20-9-6-13(11-20)23-15-5-4-8-18-16(15)19(2)3/h4-5,7-8,10,13H,6,9,11H2,1-3H3/t13-/m0/s1. The lowest BCUT2D eigenvalue weighted by atomic mass is 10.2. The molecule has 2 aromatic heterocycles. The van der Waals surface area contributed by atoms with E-state index in [4.69, 9.17) is 9.15 Å². The Hall–Kier alpha value is -2.50. The van der Waals surface area contributed by atoms with Crippen LogP contribution < -0.4 is 9.64 Å². The highest BCUT2D eigenvalue weighted by molar-refractivity contribution is 5.95. The molecule has 0 radical (unpaired) electrons. The van der Waals surface area contributed by atoms with Crippen LogP contribution in [0.3, 0.4) is 0 Å². The zero-order valence-corrected chi connectivity index (χ0v) is 13.7. The van der Waals surface area contributed by atoms with Crippen LogP contribution in [0.15, 0.2) is 35.1 Å². The van der Waals surface area contributed by atoms with E-state index in [1.807, 2.05) is 36.0 Å². The number of likely N-dealkylation sites (tertiary alicyclic amines) is 1. The maximum absolute atomic E-state index is 12.5. The van der Waals surface area contributed by atoms with Crippen molar-refractivity contribution in [3.63, 3.8) is 0 Å². The van der Waals surface area contributed by atoms with Gasteiger partial charge >= 0.3 is 0 Å². The van der Waals surface area contributed by atoms with E-state index in [1.54, 1.807) is 25.5 Å². The number of anilines is 1. The third kappa shape index (κ3) is 3.16. The number of aryl methyl sites for hydroxylation is 1. The summed E-state index contributed by atoms with van der Waals surface area (Å²) in [6.45, 7) is 3.06. The Morgan fingerprint density at radius 2 is 2.26 bits per heavy atom. The van der Waals surface area contributed by atoms with Crippen LogP contribution in [0.5, 0.6) is 5.75 Å². The molecular formula is C17H21N3O3. The van der Waals surface area contributed by atoms with E-state index in [0.29, 0.717) is 24.4 Å². The van der Waals surface area contributed by atoms with E-state index < -0.39 is 0 Å². The van der Waals surface area contributed by atoms with Crippen LogP contribution in [0.1, 0.15) is 22.5 Å². The summed E-state index contributed by atoms with van der Waals surface area (Å²) in [7, 11) is 3.86. The van der Waals surface area contributed by atoms with E-state index in [-0.39, 0.29) is 12.0 Å². The van der Waals surface area contributed by atoms with Crippen LogP contribution in [-0.4, -0.2) is 49.1 Å². The first-order chi connectivity index (χ1) is 11.1. The predicted octanol–water partition coefficient (Wildman–Crippen LogP) is 2.34. The first-order valence-corrected chi connectivity index (χ1v) is 7.68. The number of aromatic nitrogens is 1. The molecule has 0 bridgehead atoms. The largest absolute Gasteiger partial charge is 0.485 e. The van der Waals surface area contributed by atoms with Crippen LogP contribution in [0.25, 0.3) is 0 Å². The van der Waals surface area contributed by atoms with Crippen molar-refractivity contribution < 1.29 is 13.9 Å². The fourth-order valence-corrected chi connectivity index (χ4v) is 2.78. The number of hydrogen-bond donors (Lipinski definition) is 0. The van der Waals surface area contributed by atoms with Gasteiger partial charge in [-0.25, -0.2) is 4.98 Å². The quantitative estimate of drug-likeness (QED) is 0.867. The lowest BCUT2D eigenvalue weighted by Gasteiger charge is -2.20. The van der Waals surface area contributed by atoms with Crippen molar-refractivity contribution in [1.82, 2.24) is 9.88 Å². The molecule has 122 valence electrons. The molecule has 1 atom stereocenters. The molecule has 0 spiro atoms. The van der Waals surface area contributed by atoms with E-state index >= 15 is 0 Å². The van der Waals surface area contributed by atoms with Gasteiger partial charge in [0, 0.05) is 33.3 Å². The number of carbonyl (C=O) groups excluding carboxylic acids is 1. The molecular weight excluding hydrogens is 294 g/mol. The minimum atomic E-state index is -0.0194. The maximum Gasteiger partial charge on any atom is 0.257 e. The number of nitrogens with zero attached hydrogens (tertiary/aromatic N) is 3. The average Bonchev–Trinajstić information content (AvgIpc) is 3.16. The van der Waals surface area contributed by atoms with E-state index in [1.165, 1.54) is 0 Å². The Balaban J connectivity index is 1.67. The minimum Gasteiger partial charge on any atom is -0.485 e. The fraction of sp³-hybridized carbons (Fsp3) is 0.412. The van der Waals surface area contributed by atoms with Gasteiger partial charge in [-0.3, -0.25) is 4.79 Å². The first-order valence-electron chi connectivity index (χ1n) is 7.68. The first kappa shape index (κ1) is 15.4. The average molecular weight is 315 g/mol. The summed E-state index contributed by atoms with van der Waals surface area (Å²) in [5.74, 6) is 2.20. The second kappa shape index (κ2) is 6.32. The van der Waals surface area contributed by atoms with Gasteiger partial charge in [0.1, 0.15) is 11.9 Å². The van der Waals surface area contributed by atoms with E-state index in [9.17, 15) is 4.79 Å². The minimum absolute atomic E-state index is 0.00127. The Morgan fingerprint density at radius 3 is 2.96 bits per heavy atom. The van der Waals surface area contributed by atoms with Crippen molar-refractivity contribution in [2.75, 3.05) is 32.1 Å². The zero-order valence-electron chi connectivity index (χ0n) is 13.7. The molecule has 1 saturated heterocycles. The summed E-state index contributed by atoms with van der Waals surface area (Å²) in [4.78, 5) is 20.6. The third-order valence-corrected chi connectivity index (χ3v) is 3.99. The van der Waals surface area contributed by atoms with Gasteiger partial charge < -0.3 is 19.0 Å². The molecule has 1 aliphatic rings. The lowest BCUT2D eigenvalue weighted by Crippen LogP contribution is -2.31. The summed E-state index contributed by atoms with van der Waals surface area (Å²) in [5, 5.41) is 0. The van der Waals surface area contributed by atoms with Gasteiger partial charge in [-0.15, -0.1) is 0 Å². The molecule has 6 nitrogen and oxygen atoms in total. The number of rotatable bonds is 4. The van der Waals surface area contributed by atoms with Gasteiger partial charge in [-0.1, -0.05) is 0 Å². The van der Waals surface area contributed by atoms with Gasteiger partial charge in [0.15, 0.2) is 11.6 Å². The smallest absolute Gasteiger partial charge is 0.257 e. The molecule has 1 aliphatic heterocycles. The van der Waals surface area contributed by atoms with Gasteiger partial charge in [0.2, 0.25) is 0 Å². The molecule has 1 fully saturated rings. The summed E-state index contributed by atoms with van der Waals surface area (Å²) >= 11 is 0. The monoisotopic (exact) mass is 315 g/mol. The maximum atomic E-state index is 12.5. The van der Waals surface area contributed by atoms with Crippen molar-refractivity contribution >= 4 is 11.7 Å². The van der Waals surface area contributed by atoms with E-state index in [2.05, 4.69) is 4.98 Å². The Kier molecular flexibility index (Phi) is 4.23. The van der Waals surface area contributed by atoms with Gasteiger partial charge in [-0.2, -0.15) is 0 Å². The highest BCUT2D eigenvalue weighted by Crippen LogP contribution is 2.27. The molecule has 0 N–H and O–H groups in total. The number of amides is 1. The molecule has 3 heterocycles. The molecule has 0 aliphatic carbocycles. The van der Waals surface area contributed by atoms with Crippen molar-refractivity contribution in [2.24, 2.45) is 0 Å². The highest BCUT2D eigenvalue weighted by atomic mass is 16.5. The van der Waals surface area contributed by atoms with E-state index in [0.717, 1.165) is 18.0 Å². The fourth-order valence-electron chi connectivity index (χ4n) is 2.78. The summed E-state index contributed by atoms with van der Waals surface area (Å²) in [6.07, 6.45) is 4.08. The second-order valence-corrected chi connectivity index (χ2v) is 5.89. The SMILES string of the molecule is Cc1occc1C(=O)N1CC[C@H](Oc2cccnc2N(C)C)C1. The number of ether oxygens (including phenoxy) is 1. The van der Waals surface area contributed by atoms with Crippen LogP contribution in [0, 0.1) is 6.92 Å². The molecule has 1 amide bonds. The highest BCUT2D eigenvalue weighted by Gasteiger charge is 2.30. The van der Waals surface area contributed by atoms with Crippen LogP contribution in [-0.2, 0) is 0 Å². The number of carbonyl (C=O) groups is 1. The molecule has 23 heavy (non-hydrogen) atoms. The summed E-state index contributed by atoms with van der Waals surface area (Å²) in [5.41, 5.74) is 0.626. The van der Waals surface area contributed by atoms with Crippen LogP contribution in [0.2, 0.25) is 0 Å². The molecule has 2 aromatic rings. The summed E-state index contributed by atoms with van der Waals surface area (Å²) in [6, 6.07) is 5.49. The Morgan fingerprint density at radius 1 is 1.43 bits per heavy atom. The van der Waals surface area contributed by atoms with Gasteiger partial charge in [0.05, 0.1) is 18.4 Å². The van der Waals surface area contributed by atoms with Gasteiger partial charge in [-0.05, 0) is 25.1 Å². The second-order valence-electron chi connectivity index (χ2n) is 5.89. The molecule has 3 rings (SSSR count). The van der Waals surface area contributed by atoms with Crippen molar-refractivity contribution in [3.05, 3.63) is 42.0 Å². The topological polar surface area (TPSA) is 58.8 Å². The normalized spacial score (nSPS) is 17.3. The number of pyridine rings is 1. The lowest BCUT2D eigenvalue weighted by molar-refractivity contribution is 0.0770. The summed E-state index contributed by atoms with van der Waals surface area (Å²) < 4.78 is 11.3. The van der Waals surface area contributed by atoms with Crippen LogP contribution in [0.4, 0.5) is 5.82 Å². The predicted molar refractivity (Wildman–Crippen MR) is 86.9 cm³/mol.